The van der Waals surface area contributed by atoms with Gasteiger partial charge in [-0.25, -0.2) is 9.59 Å². The number of rotatable bonds is 4. The van der Waals surface area contributed by atoms with E-state index in [1.54, 1.807) is 12.1 Å². The number of aliphatic carboxylic acids is 1. The van der Waals surface area contributed by atoms with Crippen molar-refractivity contribution in [3.63, 3.8) is 0 Å². The lowest BCUT2D eigenvalue weighted by molar-refractivity contribution is -0.143. The third kappa shape index (κ3) is 3.97. The fraction of sp³-hybridized carbons (Fsp3) is 0.400. The Bertz CT molecular complexity index is 570. The average Bonchev–Trinajstić information content (AvgIpc) is 2.53. The number of amides is 2. The Kier molecular flexibility index (Phi) is 4.98. The largest absolute Gasteiger partial charge is 0.481 e. The van der Waals surface area contributed by atoms with E-state index in [0.717, 1.165) is 5.56 Å². The molecule has 1 aliphatic rings. The first-order valence-electron chi connectivity index (χ1n) is 7.05. The molecule has 1 saturated heterocycles. The van der Waals surface area contributed by atoms with Crippen LogP contribution in [0.5, 0.6) is 0 Å². The first kappa shape index (κ1) is 15.8. The molecule has 3 N–H and O–H groups in total. The van der Waals surface area contributed by atoms with Crippen LogP contribution in [-0.4, -0.2) is 46.2 Å². The lowest BCUT2D eigenvalue weighted by atomic mass is 9.99. The van der Waals surface area contributed by atoms with E-state index in [4.69, 9.17) is 10.2 Å². The summed E-state index contributed by atoms with van der Waals surface area (Å²) in [4.78, 5) is 35.3. The second-order valence-electron chi connectivity index (χ2n) is 5.28. The summed E-state index contributed by atoms with van der Waals surface area (Å²) in [5.74, 6) is -2.38. The van der Waals surface area contributed by atoms with E-state index in [1.807, 2.05) is 0 Å². The van der Waals surface area contributed by atoms with Crippen LogP contribution in [0.1, 0.15) is 28.8 Å². The second-order valence-corrected chi connectivity index (χ2v) is 5.28. The first-order chi connectivity index (χ1) is 10.5. The van der Waals surface area contributed by atoms with Crippen molar-refractivity contribution in [3.05, 3.63) is 35.4 Å². The minimum atomic E-state index is -0.997. The fourth-order valence-electron chi connectivity index (χ4n) is 2.42. The van der Waals surface area contributed by atoms with E-state index in [9.17, 15) is 14.4 Å². The zero-order chi connectivity index (χ0) is 16.1. The Hall–Kier alpha value is -2.57. The summed E-state index contributed by atoms with van der Waals surface area (Å²) in [5, 5.41) is 20.5. The van der Waals surface area contributed by atoms with Crippen LogP contribution in [0.4, 0.5) is 4.79 Å². The maximum Gasteiger partial charge on any atom is 0.335 e. The minimum Gasteiger partial charge on any atom is -0.481 e. The van der Waals surface area contributed by atoms with Crippen LogP contribution in [0.15, 0.2) is 24.3 Å². The molecule has 0 bridgehead atoms. The summed E-state index contributed by atoms with van der Waals surface area (Å²) in [6.07, 6.45) is 1.27. The van der Waals surface area contributed by atoms with E-state index in [0.29, 0.717) is 19.4 Å². The predicted molar refractivity (Wildman–Crippen MR) is 77.6 cm³/mol. The Labute approximate surface area is 127 Å². The van der Waals surface area contributed by atoms with Gasteiger partial charge >= 0.3 is 18.0 Å². The topological polar surface area (TPSA) is 107 Å². The van der Waals surface area contributed by atoms with Crippen molar-refractivity contribution < 1.29 is 24.6 Å². The second kappa shape index (κ2) is 6.93. The highest BCUT2D eigenvalue weighted by Gasteiger charge is 2.27. The number of likely N-dealkylation sites (tertiary alicyclic amines) is 1. The number of nitrogens with one attached hydrogen (secondary N) is 1. The van der Waals surface area contributed by atoms with Gasteiger partial charge in [-0.2, -0.15) is 0 Å². The van der Waals surface area contributed by atoms with Crippen molar-refractivity contribution in [3.8, 4) is 0 Å². The van der Waals surface area contributed by atoms with Gasteiger partial charge in [-0.1, -0.05) is 12.1 Å². The van der Waals surface area contributed by atoms with Gasteiger partial charge in [0.15, 0.2) is 0 Å². The number of carbonyl (C=O) groups is 3. The van der Waals surface area contributed by atoms with E-state index in [1.165, 1.54) is 17.0 Å². The number of hydrogen-bond donors (Lipinski definition) is 3. The monoisotopic (exact) mass is 306 g/mol. The maximum atomic E-state index is 12.0. The Morgan fingerprint density at radius 3 is 2.45 bits per heavy atom. The van der Waals surface area contributed by atoms with Gasteiger partial charge in [0, 0.05) is 19.6 Å². The number of nitrogens with zero attached hydrogens (tertiary/aromatic N) is 1. The van der Waals surface area contributed by atoms with Crippen molar-refractivity contribution in [2.45, 2.75) is 19.4 Å². The van der Waals surface area contributed by atoms with Crippen LogP contribution < -0.4 is 5.32 Å². The molecule has 1 atom stereocenters. The molecule has 0 radical (unpaired) electrons. The molecule has 2 amide bonds. The van der Waals surface area contributed by atoms with E-state index < -0.39 is 17.9 Å². The summed E-state index contributed by atoms with van der Waals surface area (Å²) in [6.45, 7) is 1.04. The smallest absolute Gasteiger partial charge is 0.335 e. The molecular formula is C15H18N2O5. The van der Waals surface area contributed by atoms with Gasteiger partial charge in [-0.05, 0) is 30.5 Å². The lowest BCUT2D eigenvalue weighted by Gasteiger charge is -2.30. The number of carboxylic acids is 2. The molecule has 1 aromatic rings. The molecule has 0 aromatic heterocycles. The third-order valence-corrected chi connectivity index (χ3v) is 3.70. The van der Waals surface area contributed by atoms with Gasteiger partial charge in [0.25, 0.3) is 0 Å². The molecule has 0 spiro atoms. The predicted octanol–water partition coefficient (Wildman–Crippen LogP) is 1.39. The molecule has 7 heteroatoms. The number of aromatic carboxylic acids is 1. The number of carbonyl (C=O) groups excluding carboxylic acids is 1. The fourth-order valence-corrected chi connectivity index (χ4v) is 2.42. The van der Waals surface area contributed by atoms with Crippen LogP contribution >= 0.6 is 0 Å². The van der Waals surface area contributed by atoms with Crippen LogP contribution in [0.3, 0.4) is 0 Å². The quantitative estimate of drug-likeness (QED) is 0.779. The Morgan fingerprint density at radius 2 is 1.86 bits per heavy atom. The SMILES string of the molecule is O=C(O)c1ccc(CNC(=O)N2CCCC(C(=O)O)C2)cc1. The van der Waals surface area contributed by atoms with Crippen LogP contribution in [0, 0.1) is 5.92 Å². The van der Waals surface area contributed by atoms with Gasteiger partial charge < -0.3 is 20.4 Å². The molecule has 1 aliphatic heterocycles. The zero-order valence-corrected chi connectivity index (χ0v) is 12.0. The molecule has 1 heterocycles. The number of hydrogen-bond acceptors (Lipinski definition) is 3. The number of carboxylic acid groups (broad SMARTS) is 2. The standard InChI is InChI=1S/C15H18N2O5/c18-13(19)11-5-3-10(4-6-11)8-16-15(22)17-7-1-2-12(9-17)14(20)21/h3-6,12H,1-2,7-9H2,(H,16,22)(H,18,19)(H,20,21). The maximum absolute atomic E-state index is 12.0. The highest BCUT2D eigenvalue weighted by molar-refractivity contribution is 5.87. The Balaban J connectivity index is 1.86. The summed E-state index contributed by atoms with van der Waals surface area (Å²) in [7, 11) is 0. The molecule has 0 saturated carbocycles. The molecular weight excluding hydrogens is 288 g/mol. The van der Waals surface area contributed by atoms with Crippen LogP contribution in [-0.2, 0) is 11.3 Å². The summed E-state index contributed by atoms with van der Waals surface area (Å²) < 4.78 is 0. The molecule has 1 fully saturated rings. The van der Waals surface area contributed by atoms with Crippen molar-refractivity contribution in [1.29, 1.82) is 0 Å². The molecule has 7 nitrogen and oxygen atoms in total. The van der Waals surface area contributed by atoms with E-state index >= 15 is 0 Å². The molecule has 22 heavy (non-hydrogen) atoms. The zero-order valence-electron chi connectivity index (χ0n) is 12.0. The van der Waals surface area contributed by atoms with Gasteiger partial charge in [-0.3, -0.25) is 4.79 Å². The van der Waals surface area contributed by atoms with Gasteiger partial charge in [-0.15, -0.1) is 0 Å². The molecule has 0 aliphatic carbocycles. The van der Waals surface area contributed by atoms with Gasteiger partial charge in [0.1, 0.15) is 0 Å². The molecule has 118 valence electrons. The number of urea groups is 1. The molecule has 1 aromatic carbocycles. The van der Waals surface area contributed by atoms with Crippen molar-refractivity contribution in [1.82, 2.24) is 10.2 Å². The number of benzene rings is 1. The third-order valence-electron chi connectivity index (χ3n) is 3.70. The highest BCUT2D eigenvalue weighted by atomic mass is 16.4. The van der Waals surface area contributed by atoms with Gasteiger partial charge in [0.05, 0.1) is 11.5 Å². The summed E-state index contributed by atoms with van der Waals surface area (Å²) >= 11 is 0. The average molecular weight is 306 g/mol. The molecule has 2 rings (SSSR count). The molecule has 1 unspecified atom stereocenters. The van der Waals surface area contributed by atoms with Crippen molar-refractivity contribution >= 4 is 18.0 Å². The first-order valence-corrected chi connectivity index (χ1v) is 7.05. The van der Waals surface area contributed by atoms with Crippen molar-refractivity contribution in [2.75, 3.05) is 13.1 Å². The highest BCUT2D eigenvalue weighted by Crippen LogP contribution is 2.16. The number of piperidine rings is 1. The Morgan fingerprint density at radius 1 is 1.18 bits per heavy atom. The normalized spacial score (nSPS) is 17.8. The lowest BCUT2D eigenvalue weighted by Crippen LogP contribution is -2.46. The van der Waals surface area contributed by atoms with Gasteiger partial charge in [0.2, 0.25) is 0 Å². The van der Waals surface area contributed by atoms with E-state index in [2.05, 4.69) is 5.32 Å². The summed E-state index contributed by atoms with van der Waals surface area (Å²) in [5.41, 5.74) is 0.973. The van der Waals surface area contributed by atoms with Crippen LogP contribution in [0.25, 0.3) is 0 Å². The van der Waals surface area contributed by atoms with E-state index in [-0.39, 0.29) is 24.7 Å². The van der Waals surface area contributed by atoms with Crippen LogP contribution in [0.2, 0.25) is 0 Å². The minimum absolute atomic E-state index is 0.190. The van der Waals surface area contributed by atoms with Crippen molar-refractivity contribution in [2.24, 2.45) is 5.92 Å². The summed E-state index contributed by atoms with van der Waals surface area (Å²) in [6, 6.07) is 5.93.